The van der Waals surface area contributed by atoms with E-state index in [4.69, 9.17) is 5.73 Å². The van der Waals surface area contributed by atoms with Gasteiger partial charge < -0.3 is 10.6 Å². The molecule has 1 heterocycles. The number of hydrogen-bond donors (Lipinski definition) is 1. The summed E-state index contributed by atoms with van der Waals surface area (Å²) in [5.41, 5.74) is 7.36. The maximum absolute atomic E-state index is 12.4. The maximum Gasteiger partial charge on any atom is 0.273 e. The van der Waals surface area contributed by atoms with Crippen LogP contribution in [-0.4, -0.2) is 35.9 Å². The first kappa shape index (κ1) is 16.6. The van der Waals surface area contributed by atoms with Crippen LogP contribution in [-0.2, 0) is 6.42 Å². The SMILES string of the molecule is CN(CC(C)(C)CN)C(=O)c1csc(Cc2ccccc2)n1. The monoisotopic (exact) mass is 317 g/mol. The highest BCUT2D eigenvalue weighted by atomic mass is 32.1. The molecule has 0 spiro atoms. The molecule has 118 valence electrons. The van der Waals surface area contributed by atoms with Crippen LogP contribution in [0, 0.1) is 5.41 Å². The van der Waals surface area contributed by atoms with Crippen molar-refractivity contribution in [2.75, 3.05) is 20.1 Å². The summed E-state index contributed by atoms with van der Waals surface area (Å²) < 4.78 is 0. The third-order valence-electron chi connectivity index (χ3n) is 3.53. The van der Waals surface area contributed by atoms with E-state index in [-0.39, 0.29) is 11.3 Å². The summed E-state index contributed by atoms with van der Waals surface area (Å²) in [5, 5.41) is 2.80. The average Bonchev–Trinajstić information content (AvgIpc) is 2.95. The number of aromatic nitrogens is 1. The molecule has 2 aromatic rings. The molecule has 0 saturated heterocycles. The van der Waals surface area contributed by atoms with Gasteiger partial charge in [0.25, 0.3) is 5.91 Å². The molecule has 1 aromatic carbocycles. The zero-order chi connectivity index (χ0) is 16.2. The Morgan fingerprint density at radius 1 is 1.32 bits per heavy atom. The molecule has 0 radical (unpaired) electrons. The van der Waals surface area contributed by atoms with E-state index < -0.39 is 0 Å². The second-order valence-corrected chi connectivity index (χ2v) is 7.26. The van der Waals surface area contributed by atoms with Gasteiger partial charge in [-0.2, -0.15) is 0 Å². The zero-order valence-electron chi connectivity index (χ0n) is 13.4. The first-order valence-corrected chi connectivity index (χ1v) is 8.23. The number of nitrogens with zero attached hydrogens (tertiary/aromatic N) is 2. The van der Waals surface area contributed by atoms with Gasteiger partial charge in [-0.15, -0.1) is 11.3 Å². The van der Waals surface area contributed by atoms with Crippen molar-refractivity contribution in [3.8, 4) is 0 Å². The topological polar surface area (TPSA) is 59.2 Å². The van der Waals surface area contributed by atoms with E-state index in [0.717, 1.165) is 11.4 Å². The van der Waals surface area contributed by atoms with Crippen LogP contribution >= 0.6 is 11.3 Å². The lowest BCUT2D eigenvalue weighted by Gasteiger charge is -2.28. The summed E-state index contributed by atoms with van der Waals surface area (Å²) in [6, 6.07) is 10.2. The fraction of sp³-hybridized carbons (Fsp3) is 0.412. The normalized spacial score (nSPS) is 11.5. The second kappa shape index (κ2) is 7.03. The van der Waals surface area contributed by atoms with Crippen LogP contribution in [0.5, 0.6) is 0 Å². The Bertz CT molecular complexity index is 622. The quantitative estimate of drug-likeness (QED) is 0.891. The largest absolute Gasteiger partial charge is 0.340 e. The van der Waals surface area contributed by atoms with E-state index in [9.17, 15) is 4.79 Å². The van der Waals surface area contributed by atoms with Gasteiger partial charge >= 0.3 is 0 Å². The van der Waals surface area contributed by atoms with Crippen molar-refractivity contribution in [2.45, 2.75) is 20.3 Å². The van der Waals surface area contributed by atoms with E-state index in [0.29, 0.717) is 18.8 Å². The third-order valence-corrected chi connectivity index (χ3v) is 4.38. The number of thiazole rings is 1. The van der Waals surface area contributed by atoms with Crippen molar-refractivity contribution in [1.82, 2.24) is 9.88 Å². The van der Waals surface area contributed by atoms with Crippen LogP contribution in [0.1, 0.15) is 34.9 Å². The molecule has 0 unspecified atom stereocenters. The molecule has 0 fully saturated rings. The van der Waals surface area contributed by atoms with Gasteiger partial charge in [-0.25, -0.2) is 4.98 Å². The minimum atomic E-state index is -0.0900. The summed E-state index contributed by atoms with van der Waals surface area (Å²) in [6.07, 6.45) is 0.761. The van der Waals surface area contributed by atoms with Crippen LogP contribution < -0.4 is 5.73 Å². The number of benzene rings is 1. The highest BCUT2D eigenvalue weighted by molar-refractivity contribution is 7.09. The number of hydrogen-bond acceptors (Lipinski definition) is 4. The number of nitrogens with two attached hydrogens (primary N) is 1. The summed E-state index contributed by atoms with van der Waals surface area (Å²) in [7, 11) is 1.80. The fourth-order valence-electron chi connectivity index (χ4n) is 2.23. The first-order chi connectivity index (χ1) is 10.4. The predicted octanol–water partition coefficient (Wildman–Crippen LogP) is 2.79. The number of carbonyl (C=O) groups excluding carboxylic acids is 1. The lowest BCUT2D eigenvalue weighted by Crippen LogP contribution is -2.39. The minimum absolute atomic E-state index is 0.0444. The molecule has 4 nitrogen and oxygen atoms in total. The highest BCUT2D eigenvalue weighted by Gasteiger charge is 2.23. The first-order valence-electron chi connectivity index (χ1n) is 7.35. The van der Waals surface area contributed by atoms with Crippen molar-refractivity contribution in [1.29, 1.82) is 0 Å². The van der Waals surface area contributed by atoms with Gasteiger partial charge in [0.05, 0.1) is 5.01 Å². The van der Waals surface area contributed by atoms with Crippen LogP contribution in [0.4, 0.5) is 0 Å². The molecule has 0 aliphatic rings. The van der Waals surface area contributed by atoms with Gasteiger partial charge in [0.1, 0.15) is 5.69 Å². The molecular weight excluding hydrogens is 294 g/mol. The number of rotatable bonds is 6. The van der Waals surface area contributed by atoms with Crippen LogP contribution in [0.3, 0.4) is 0 Å². The van der Waals surface area contributed by atoms with Gasteiger partial charge in [0.2, 0.25) is 0 Å². The maximum atomic E-state index is 12.4. The number of carbonyl (C=O) groups is 1. The molecule has 0 saturated carbocycles. The molecule has 0 bridgehead atoms. The molecular formula is C17H23N3OS. The van der Waals surface area contributed by atoms with Crippen LogP contribution in [0.25, 0.3) is 0 Å². The smallest absolute Gasteiger partial charge is 0.273 e. The summed E-state index contributed by atoms with van der Waals surface area (Å²) in [6.45, 7) is 5.27. The second-order valence-electron chi connectivity index (χ2n) is 6.32. The van der Waals surface area contributed by atoms with Gasteiger partial charge in [0.15, 0.2) is 0 Å². The Labute approximate surface area is 136 Å². The van der Waals surface area contributed by atoms with Gasteiger partial charge in [-0.05, 0) is 17.5 Å². The predicted molar refractivity (Wildman–Crippen MR) is 91.2 cm³/mol. The van der Waals surface area contributed by atoms with E-state index in [1.165, 1.54) is 16.9 Å². The van der Waals surface area contributed by atoms with E-state index in [2.05, 4.69) is 31.0 Å². The summed E-state index contributed by atoms with van der Waals surface area (Å²) in [4.78, 5) is 18.6. The van der Waals surface area contributed by atoms with E-state index >= 15 is 0 Å². The van der Waals surface area contributed by atoms with Crippen molar-refractivity contribution >= 4 is 17.2 Å². The van der Waals surface area contributed by atoms with Gasteiger partial charge in [-0.3, -0.25) is 4.79 Å². The Morgan fingerprint density at radius 2 is 2.00 bits per heavy atom. The van der Waals surface area contributed by atoms with E-state index in [1.807, 2.05) is 23.6 Å². The van der Waals surface area contributed by atoms with Gasteiger partial charge in [-0.1, -0.05) is 44.2 Å². The molecule has 22 heavy (non-hydrogen) atoms. The standard InChI is InChI=1S/C17H23N3OS/c1-17(2,11-18)12-20(3)16(21)14-10-22-15(19-14)9-13-7-5-4-6-8-13/h4-8,10H,9,11-12,18H2,1-3H3. The minimum Gasteiger partial charge on any atom is -0.340 e. The lowest BCUT2D eigenvalue weighted by molar-refractivity contribution is 0.0735. The van der Waals surface area contributed by atoms with Crippen molar-refractivity contribution in [3.63, 3.8) is 0 Å². The summed E-state index contributed by atoms with van der Waals surface area (Å²) >= 11 is 1.53. The van der Waals surface area contributed by atoms with E-state index in [1.54, 1.807) is 11.9 Å². The molecule has 1 aromatic heterocycles. The van der Waals surface area contributed by atoms with Crippen LogP contribution in [0.2, 0.25) is 0 Å². The third kappa shape index (κ3) is 4.39. The van der Waals surface area contributed by atoms with Crippen molar-refractivity contribution in [2.24, 2.45) is 11.1 Å². The van der Waals surface area contributed by atoms with Crippen molar-refractivity contribution < 1.29 is 4.79 Å². The molecule has 0 aliphatic carbocycles. The fourth-order valence-corrected chi connectivity index (χ4v) is 3.04. The van der Waals surface area contributed by atoms with Crippen LogP contribution in [0.15, 0.2) is 35.7 Å². The summed E-state index contributed by atoms with van der Waals surface area (Å²) in [5.74, 6) is -0.0444. The molecule has 5 heteroatoms. The number of amides is 1. The molecule has 2 N–H and O–H groups in total. The molecule has 0 aliphatic heterocycles. The Balaban J connectivity index is 2.03. The Morgan fingerprint density at radius 3 is 2.64 bits per heavy atom. The Kier molecular flexibility index (Phi) is 5.32. The molecule has 0 atom stereocenters. The van der Waals surface area contributed by atoms with Crippen molar-refractivity contribution in [3.05, 3.63) is 52.0 Å². The molecule has 2 rings (SSSR count). The zero-order valence-corrected chi connectivity index (χ0v) is 14.2. The average molecular weight is 317 g/mol. The molecule has 1 amide bonds. The Hall–Kier alpha value is -1.72. The highest BCUT2D eigenvalue weighted by Crippen LogP contribution is 2.18. The van der Waals surface area contributed by atoms with Gasteiger partial charge in [0, 0.05) is 25.4 Å². The lowest BCUT2D eigenvalue weighted by atomic mass is 9.93.